The predicted octanol–water partition coefficient (Wildman–Crippen LogP) is 0.376. The second-order valence-corrected chi connectivity index (χ2v) is 5.43. The van der Waals surface area contributed by atoms with E-state index in [0.717, 1.165) is 17.5 Å². The molecule has 2 rings (SSSR count). The molecule has 1 aliphatic rings. The van der Waals surface area contributed by atoms with Crippen molar-refractivity contribution >= 4 is 17.7 Å². The highest BCUT2D eigenvalue weighted by Gasteiger charge is 2.14. The molecule has 0 amide bonds. The smallest absolute Gasteiger partial charge is 0.191 e. The number of aromatic nitrogens is 3. The summed E-state index contributed by atoms with van der Waals surface area (Å²) in [6.07, 6.45) is 4.06. The van der Waals surface area contributed by atoms with Crippen molar-refractivity contribution < 1.29 is 0 Å². The van der Waals surface area contributed by atoms with Crippen LogP contribution >= 0.6 is 11.8 Å². The molecular weight excluding hydrogens is 248 g/mol. The maximum atomic E-state index is 4.24. The van der Waals surface area contributed by atoms with Gasteiger partial charge in [-0.1, -0.05) is 0 Å². The number of hydrogen-bond acceptors (Lipinski definition) is 4. The molecule has 0 aliphatic carbocycles. The lowest BCUT2D eigenvalue weighted by Crippen LogP contribution is -2.45. The van der Waals surface area contributed by atoms with E-state index in [1.54, 1.807) is 18.1 Å². The minimum absolute atomic E-state index is 0.523. The molecule has 2 N–H and O–H groups in total. The lowest BCUT2D eigenvalue weighted by molar-refractivity contribution is 0.578. The Balaban J connectivity index is 1.80. The zero-order chi connectivity index (χ0) is 12.8. The Morgan fingerprint density at radius 1 is 1.67 bits per heavy atom. The Kier molecular flexibility index (Phi) is 4.86. The fourth-order valence-corrected chi connectivity index (χ4v) is 2.96. The molecule has 1 fully saturated rings. The minimum atomic E-state index is 0.523. The summed E-state index contributed by atoms with van der Waals surface area (Å²) in [6.45, 7) is 0.635. The van der Waals surface area contributed by atoms with Crippen molar-refractivity contribution in [2.75, 3.05) is 18.6 Å². The third kappa shape index (κ3) is 3.63. The third-order valence-electron chi connectivity index (χ3n) is 2.94. The molecule has 0 radical (unpaired) electrons. The van der Waals surface area contributed by atoms with Crippen molar-refractivity contribution in [3.8, 4) is 0 Å². The van der Waals surface area contributed by atoms with Crippen LogP contribution in [0.2, 0.25) is 0 Å². The first kappa shape index (κ1) is 13.2. The molecule has 0 aromatic carbocycles. The maximum Gasteiger partial charge on any atom is 0.191 e. The Morgan fingerprint density at radius 3 is 3.17 bits per heavy atom. The van der Waals surface area contributed by atoms with Gasteiger partial charge in [-0.25, -0.2) is 4.98 Å². The molecule has 1 aliphatic heterocycles. The molecule has 1 atom stereocenters. The summed E-state index contributed by atoms with van der Waals surface area (Å²) in [4.78, 5) is 8.41. The van der Waals surface area contributed by atoms with Gasteiger partial charge in [0, 0.05) is 25.9 Å². The normalized spacial score (nSPS) is 20.8. The Hall–Kier alpha value is -1.24. The maximum absolute atomic E-state index is 4.24. The van der Waals surface area contributed by atoms with Crippen LogP contribution in [0, 0.1) is 0 Å². The summed E-state index contributed by atoms with van der Waals surface area (Å²) in [7, 11) is 3.68. The van der Waals surface area contributed by atoms with Crippen LogP contribution < -0.4 is 10.6 Å². The number of rotatable bonds is 3. The van der Waals surface area contributed by atoms with Gasteiger partial charge in [0.15, 0.2) is 5.96 Å². The number of thioether (sulfide) groups is 1. The van der Waals surface area contributed by atoms with Gasteiger partial charge < -0.3 is 10.6 Å². The number of aryl methyl sites for hydroxylation is 1. The Bertz CT molecular complexity index is 396. The topological polar surface area (TPSA) is 67.1 Å². The predicted molar refractivity (Wildman–Crippen MR) is 74.7 cm³/mol. The highest BCUT2D eigenvalue weighted by molar-refractivity contribution is 7.99. The zero-order valence-corrected chi connectivity index (χ0v) is 11.7. The van der Waals surface area contributed by atoms with E-state index in [1.807, 2.05) is 18.8 Å². The minimum Gasteiger partial charge on any atom is -0.353 e. The molecule has 100 valence electrons. The van der Waals surface area contributed by atoms with Crippen molar-refractivity contribution in [1.29, 1.82) is 0 Å². The van der Waals surface area contributed by atoms with E-state index < -0.39 is 0 Å². The lowest BCUT2D eigenvalue weighted by atomic mass is 10.2. The van der Waals surface area contributed by atoms with Crippen molar-refractivity contribution in [1.82, 2.24) is 25.4 Å². The SMILES string of the molecule is CN=C(NCc1ncnn1C)NC1CCCSC1. The first-order chi connectivity index (χ1) is 8.79. The largest absolute Gasteiger partial charge is 0.353 e. The van der Waals surface area contributed by atoms with Gasteiger partial charge in [0.2, 0.25) is 0 Å². The first-order valence-corrected chi connectivity index (χ1v) is 7.33. The van der Waals surface area contributed by atoms with Crippen LogP contribution in [0.5, 0.6) is 0 Å². The van der Waals surface area contributed by atoms with Crippen molar-refractivity contribution in [3.05, 3.63) is 12.2 Å². The zero-order valence-electron chi connectivity index (χ0n) is 10.9. The van der Waals surface area contributed by atoms with Crippen molar-refractivity contribution in [2.24, 2.45) is 12.0 Å². The molecule has 1 aromatic rings. The lowest BCUT2D eigenvalue weighted by Gasteiger charge is -2.24. The molecule has 18 heavy (non-hydrogen) atoms. The van der Waals surface area contributed by atoms with Gasteiger partial charge >= 0.3 is 0 Å². The molecular formula is C11H20N6S. The molecule has 6 nitrogen and oxygen atoms in total. The first-order valence-electron chi connectivity index (χ1n) is 6.17. The van der Waals surface area contributed by atoms with Crippen LogP contribution in [0.1, 0.15) is 18.7 Å². The van der Waals surface area contributed by atoms with Gasteiger partial charge in [0.1, 0.15) is 12.2 Å². The van der Waals surface area contributed by atoms with Gasteiger partial charge in [0.05, 0.1) is 6.54 Å². The van der Waals surface area contributed by atoms with E-state index in [2.05, 4.69) is 25.7 Å². The van der Waals surface area contributed by atoms with Gasteiger partial charge in [0.25, 0.3) is 0 Å². The van der Waals surface area contributed by atoms with E-state index >= 15 is 0 Å². The molecule has 0 spiro atoms. The summed E-state index contributed by atoms with van der Waals surface area (Å²) in [6, 6.07) is 0.523. The van der Waals surface area contributed by atoms with E-state index in [4.69, 9.17) is 0 Å². The van der Waals surface area contributed by atoms with Crippen LogP contribution in [-0.2, 0) is 13.6 Å². The highest BCUT2D eigenvalue weighted by atomic mass is 32.2. The van der Waals surface area contributed by atoms with Crippen LogP contribution in [0.25, 0.3) is 0 Å². The van der Waals surface area contributed by atoms with Crippen LogP contribution in [0.15, 0.2) is 11.3 Å². The highest BCUT2D eigenvalue weighted by Crippen LogP contribution is 2.16. The summed E-state index contributed by atoms with van der Waals surface area (Å²) in [5.41, 5.74) is 0. The number of guanidine groups is 1. The number of hydrogen-bond donors (Lipinski definition) is 2. The molecule has 1 unspecified atom stereocenters. The molecule has 2 heterocycles. The van der Waals surface area contributed by atoms with Gasteiger partial charge in [-0.05, 0) is 18.6 Å². The second-order valence-electron chi connectivity index (χ2n) is 4.28. The van der Waals surface area contributed by atoms with Gasteiger partial charge in [-0.2, -0.15) is 16.9 Å². The van der Waals surface area contributed by atoms with E-state index in [0.29, 0.717) is 12.6 Å². The fraction of sp³-hybridized carbons (Fsp3) is 0.727. The van der Waals surface area contributed by atoms with E-state index in [9.17, 15) is 0 Å². The number of nitrogens with one attached hydrogen (secondary N) is 2. The standard InChI is InChI=1S/C11H20N6S/c1-12-11(16-9-4-3-5-18-7-9)13-6-10-14-8-15-17(10)2/h8-9H,3-7H2,1-2H3,(H2,12,13,16). The number of nitrogens with zero attached hydrogens (tertiary/aromatic N) is 4. The monoisotopic (exact) mass is 268 g/mol. The second kappa shape index (κ2) is 6.63. The van der Waals surface area contributed by atoms with Crippen molar-refractivity contribution in [3.63, 3.8) is 0 Å². The van der Waals surface area contributed by atoms with Crippen LogP contribution in [0.4, 0.5) is 0 Å². The van der Waals surface area contributed by atoms with Crippen LogP contribution in [0.3, 0.4) is 0 Å². The fourth-order valence-electron chi connectivity index (χ4n) is 1.89. The molecule has 1 saturated heterocycles. The summed E-state index contributed by atoms with van der Waals surface area (Å²) in [5.74, 6) is 4.18. The van der Waals surface area contributed by atoms with Crippen molar-refractivity contribution in [2.45, 2.75) is 25.4 Å². The van der Waals surface area contributed by atoms with E-state index in [1.165, 1.54) is 18.6 Å². The quantitative estimate of drug-likeness (QED) is 0.612. The molecule has 1 aromatic heterocycles. The van der Waals surface area contributed by atoms with Crippen LogP contribution in [-0.4, -0.2) is 45.3 Å². The molecule has 0 bridgehead atoms. The summed E-state index contributed by atoms with van der Waals surface area (Å²) < 4.78 is 1.76. The summed E-state index contributed by atoms with van der Waals surface area (Å²) in [5, 5.41) is 10.8. The average Bonchev–Trinajstić information content (AvgIpc) is 2.81. The average molecular weight is 268 g/mol. The Morgan fingerprint density at radius 2 is 2.56 bits per heavy atom. The molecule has 7 heteroatoms. The number of aliphatic imine (C=N–C) groups is 1. The van der Waals surface area contributed by atoms with Gasteiger partial charge in [-0.15, -0.1) is 0 Å². The third-order valence-corrected chi connectivity index (χ3v) is 4.16. The Labute approximate surface area is 112 Å². The van der Waals surface area contributed by atoms with Gasteiger partial charge in [-0.3, -0.25) is 9.67 Å². The van der Waals surface area contributed by atoms with E-state index in [-0.39, 0.29) is 0 Å². The molecule has 0 saturated carbocycles. The summed E-state index contributed by atoms with van der Waals surface area (Å²) >= 11 is 2.00.